The monoisotopic (exact) mass is 389 g/mol. The molecule has 0 radical (unpaired) electrons. The molecule has 4 rings (SSSR count). The molecule has 1 aliphatic rings. The molecule has 4 heteroatoms. The van der Waals surface area contributed by atoms with E-state index in [1.54, 1.807) is 10.6 Å². The summed E-state index contributed by atoms with van der Waals surface area (Å²) in [4.78, 5) is 12.4. The van der Waals surface area contributed by atoms with Crippen LogP contribution < -0.4 is 5.56 Å². The van der Waals surface area contributed by atoms with Crippen LogP contribution in [0.25, 0.3) is 0 Å². The molecule has 2 heterocycles. The van der Waals surface area contributed by atoms with Gasteiger partial charge in [0.25, 0.3) is 5.56 Å². The van der Waals surface area contributed by atoms with E-state index in [1.807, 2.05) is 24.4 Å². The highest BCUT2D eigenvalue weighted by Gasteiger charge is 2.18. The molecule has 4 nitrogen and oxygen atoms in total. The Morgan fingerprint density at radius 1 is 0.897 bits per heavy atom. The summed E-state index contributed by atoms with van der Waals surface area (Å²) in [6, 6.07) is 24.4. The van der Waals surface area contributed by atoms with Crippen LogP contribution in [-0.2, 0) is 16.0 Å². The second-order valence-electron chi connectivity index (χ2n) is 7.42. The predicted molar refractivity (Wildman–Crippen MR) is 114 cm³/mol. The number of nitrogens with zero attached hydrogens (tertiary/aromatic N) is 1. The van der Waals surface area contributed by atoms with Gasteiger partial charge in [-0.1, -0.05) is 66.7 Å². The van der Waals surface area contributed by atoms with Crippen molar-refractivity contribution >= 4 is 0 Å². The highest BCUT2D eigenvalue weighted by molar-refractivity contribution is 5.41. The lowest BCUT2D eigenvalue weighted by molar-refractivity contribution is -0.163. The zero-order valence-corrected chi connectivity index (χ0v) is 16.6. The standard InChI is InChI=1S/C25H27NO3/c27-23-15-14-22(19-26(23)16-18-29-24-13-7-8-17-28-24)25(20-9-3-1-4-10-20)21-11-5-2-6-12-21/h1-6,9-12,14-15,19,24-25H,7-8,13,16-18H2. The molecule has 0 bridgehead atoms. The fourth-order valence-electron chi connectivity index (χ4n) is 3.89. The average molecular weight is 389 g/mol. The topological polar surface area (TPSA) is 40.5 Å². The van der Waals surface area contributed by atoms with E-state index in [2.05, 4.69) is 48.5 Å². The summed E-state index contributed by atoms with van der Waals surface area (Å²) in [5.74, 6) is 0.0758. The van der Waals surface area contributed by atoms with Crippen LogP contribution in [0.5, 0.6) is 0 Å². The van der Waals surface area contributed by atoms with Gasteiger partial charge in [-0.25, -0.2) is 0 Å². The lowest BCUT2D eigenvalue weighted by Crippen LogP contribution is -2.27. The molecule has 1 atom stereocenters. The van der Waals surface area contributed by atoms with E-state index in [4.69, 9.17) is 9.47 Å². The first kappa shape index (κ1) is 19.6. The maximum absolute atomic E-state index is 12.4. The normalized spacial score (nSPS) is 16.8. The first-order chi connectivity index (χ1) is 14.3. The highest BCUT2D eigenvalue weighted by Crippen LogP contribution is 2.31. The van der Waals surface area contributed by atoms with E-state index in [0.717, 1.165) is 31.4 Å². The zero-order valence-electron chi connectivity index (χ0n) is 16.6. The summed E-state index contributed by atoms with van der Waals surface area (Å²) in [5, 5.41) is 0. The summed E-state index contributed by atoms with van der Waals surface area (Å²) in [5.41, 5.74) is 3.49. The first-order valence-corrected chi connectivity index (χ1v) is 10.3. The summed E-state index contributed by atoms with van der Waals surface area (Å²) in [7, 11) is 0. The van der Waals surface area contributed by atoms with Gasteiger partial charge in [0.15, 0.2) is 6.29 Å². The van der Waals surface area contributed by atoms with Crippen LogP contribution in [0, 0.1) is 0 Å². The molecule has 1 aromatic heterocycles. The summed E-state index contributed by atoms with van der Waals surface area (Å²) >= 11 is 0. The van der Waals surface area contributed by atoms with Crippen molar-refractivity contribution in [2.75, 3.05) is 13.2 Å². The smallest absolute Gasteiger partial charge is 0.250 e. The van der Waals surface area contributed by atoms with Crippen LogP contribution in [0.1, 0.15) is 41.9 Å². The summed E-state index contributed by atoms with van der Waals surface area (Å²) < 4.78 is 13.2. The van der Waals surface area contributed by atoms with Crippen molar-refractivity contribution in [2.45, 2.75) is 38.0 Å². The van der Waals surface area contributed by atoms with E-state index in [1.165, 1.54) is 11.1 Å². The third kappa shape index (κ3) is 5.03. The second-order valence-corrected chi connectivity index (χ2v) is 7.42. The molecule has 1 fully saturated rings. The molecule has 150 valence electrons. The Hall–Kier alpha value is -2.69. The molecule has 29 heavy (non-hydrogen) atoms. The van der Waals surface area contributed by atoms with Crippen molar-refractivity contribution in [3.63, 3.8) is 0 Å². The van der Waals surface area contributed by atoms with E-state index in [-0.39, 0.29) is 17.8 Å². The van der Waals surface area contributed by atoms with Crippen LogP contribution >= 0.6 is 0 Å². The van der Waals surface area contributed by atoms with Gasteiger partial charge in [0.1, 0.15) is 0 Å². The van der Waals surface area contributed by atoms with Gasteiger partial charge >= 0.3 is 0 Å². The van der Waals surface area contributed by atoms with E-state index in [9.17, 15) is 4.79 Å². The van der Waals surface area contributed by atoms with E-state index < -0.39 is 0 Å². The zero-order chi connectivity index (χ0) is 19.9. The molecule has 0 aliphatic carbocycles. The molecule has 0 amide bonds. The van der Waals surface area contributed by atoms with Crippen LogP contribution in [-0.4, -0.2) is 24.1 Å². The van der Waals surface area contributed by atoms with Crippen molar-refractivity contribution in [1.29, 1.82) is 0 Å². The SMILES string of the molecule is O=c1ccc(C(c2ccccc2)c2ccccc2)cn1CCOC1CCCCO1. The second kappa shape index (κ2) is 9.68. The van der Waals surface area contributed by atoms with E-state index >= 15 is 0 Å². The molecule has 0 N–H and O–H groups in total. The third-order valence-electron chi connectivity index (χ3n) is 5.38. The van der Waals surface area contributed by atoms with Crippen LogP contribution in [0.3, 0.4) is 0 Å². The average Bonchev–Trinajstić information content (AvgIpc) is 2.78. The maximum atomic E-state index is 12.4. The van der Waals surface area contributed by atoms with Crippen LogP contribution in [0.15, 0.2) is 83.8 Å². The number of benzene rings is 2. The number of pyridine rings is 1. The molecule has 0 spiro atoms. The molecule has 1 aliphatic heterocycles. The van der Waals surface area contributed by atoms with Crippen molar-refractivity contribution in [1.82, 2.24) is 4.57 Å². The van der Waals surface area contributed by atoms with E-state index in [0.29, 0.717) is 13.2 Å². The largest absolute Gasteiger partial charge is 0.353 e. The van der Waals surface area contributed by atoms with Crippen molar-refractivity contribution in [3.05, 3.63) is 106 Å². The number of hydrogen-bond acceptors (Lipinski definition) is 3. The van der Waals surface area contributed by atoms with Gasteiger partial charge < -0.3 is 14.0 Å². The van der Waals surface area contributed by atoms with Crippen LogP contribution in [0.2, 0.25) is 0 Å². The number of aromatic nitrogens is 1. The Morgan fingerprint density at radius 3 is 2.21 bits per heavy atom. The molecular formula is C25H27NO3. The molecule has 3 aromatic rings. The lowest BCUT2D eigenvalue weighted by Gasteiger charge is -2.23. The van der Waals surface area contributed by atoms with Gasteiger partial charge in [0.2, 0.25) is 0 Å². The Labute approximate surface area is 171 Å². The fraction of sp³-hybridized carbons (Fsp3) is 0.320. The number of hydrogen-bond donors (Lipinski definition) is 0. The van der Waals surface area contributed by atoms with Gasteiger partial charge in [-0.15, -0.1) is 0 Å². The quantitative estimate of drug-likeness (QED) is 0.594. The minimum atomic E-state index is -0.135. The van der Waals surface area contributed by atoms with Gasteiger partial charge in [-0.05, 0) is 36.0 Å². The summed E-state index contributed by atoms with van der Waals surface area (Å²) in [6.07, 6.45) is 5.00. The Kier molecular flexibility index (Phi) is 6.55. The number of ether oxygens (including phenoxy) is 2. The Morgan fingerprint density at radius 2 is 1.59 bits per heavy atom. The van der Waals surface area contributed by atoms with Gasteiger partial charge in [0.05, 0.1) is 6.61 Å². The molecule has 2 aromatic carbocycles. The lowest BCUT2D eigenvalue weighted by atomic mass is 9.86. The van der Waals surface area contributed by atoms with Crippen molar-refractivity contribution in [3.8, 4) is 0 Å². The Balaban J connectivity index is 1.57. The van der Waals surface area contributed by atoms with Gasteiger partial charge in [-0.3, -0.25) is 4.79 Å². The first-order valence-electron chi connectivity index (χ1n) is 10.3. The molecular weight excluding hydrogens is 362 g/mol. The van der Waals surface area contributed by atoms with Gasteiger partial charge in [0, 0.05) is 31.3 Å². The highest BCUT2D eigenvalue weighted by atomic mass is 16.7. The Bertz CT molecular complexity index is 907. The molecule has 0 saturated carbocycles. The molecule has 1 unspecified atom stereocenters. The minimum Gasteiger partial charge on any atom is -0.353 e. The van der Waals surface area contributed by atoms with Crippen molar-refractivity contribution < 1.29 is 9.47 Å². The predicted octanol–water partition coefficient (Wildman–Crippen LogP) is 4.57. The molecule has 1 saturated heterocycles. The minimum absolute atomic E-state index is 0.0122. The maximum Gasteiger partial charge on any atom is 0.250 e. The van der Waals surface area contributed by atoms with Gasteiger partial charge in [-0.2, -0.15) is 0 Å². The number of rotatable bonds is 7. The fourth-order valence-corrected chi connectivity index (χ4v) is 3.89. The summed E-state index contributed by atoms with van der Waals surface area (Å²) in [6.45, 7) is 1.74. The third-order valence-corrected chi connectivity index (χ3v) is 5.38. The van der Waals surface area contributed by atoms with Crippen LogP contribution in [0.4, 0.5) is 0 Å². The van der Waals surface area contributed by atoms with Crippen molar-refractivity contribution in [2.24, 2.45) is 0 Å².